The highest BCUT2D eigenvalue weighted by molar-refractivity contribution is 7.61. The molecule has 0 bridgehead atoms. The molecule has 1 atom stereocenters. The van der Waals surface area contributed by atoms with E-state index in [9.17, 15) is 4.89 Å². The summed E-state index contributed by atoms with van der Waals surface area (Å²) in [5.41, 5.74) is 6.46. The Hall–Kier alpha value is -1.57. The van der Waals surface area contributed by atoms with Crippen molar-refractivity contribution in [2.75, 3.05) is 0 Å². The van der Waals surface area contributed by atoms with Crippen LogP contribution in [0, 0.1) is 20.8 Å². The molecule has 1 aliphatic rings. The highest BCUT2D eigenvalue weighted by Crippen LogP contribution is 2.66. The summed E-state index contributed by atoms with van der Waals surface area (Å²) in [5.74, 6) is 1.56. The summed E-state index contributed by atoms with van der Waals surface area (Å²) >= 11 is 0. The molecule has 3 rings (SSSR count). The van der Waals surface area contributed by atoms with Crippen LogP contribution in [-0.2, 0) is 17.0 Å². The highest BCUT2D eigenvalue weighted by Gasteiger charge is 2.52. The molecular weight excluding hydrogens is 367 g/mol. The van der Waals surface area contributed by atoms with E-state index >= 15 is 0 Å². The van der Waals surface area contributed by atoms with Gasteiger partial charge >= 0.3 is 7.94 Å². The van der Waals surface area contributed by atoms with Gasteiger partial charge in [-0.25, -0.2) is 0 Å². The molecule has 3 nitrogen and oxygen atoms in total. The van der Waals surface area contributed by atoms with E-state index in [0.29, 0.717) is 6.16 Å². The van der Waals surface area contributed by atoms with Gasteiger partial charge in [-0.3, -0.25) is 9.05 Å². The van der Waals surface area contributed by atoms with E-state index in [2.05, 4.69) is 79.7 Å². The number of aryl methyl sites for hydroxylation is 3. The highest BCUT2D eigenvalue weighted by atomic mass is 31.2. The molecule has 2 aromatic carbocycles. The van der Waals surface area contributed by atoms with Crippen molar-refractivity contribution < 1.29 is 13.9 Å². The Morgan fingerprint density at radius 3 is 1.86 bits per heavy atom. The van der Waals surface area contributed by atoms with Gasteiger partial charge in [-0.2, -0.15) is 4.89 Å². The average Bonchev–Trinajstić information content (AvgIpc) is 2.83. The molecule has 0 aromatic heterocycles. The zero-order valence-electron chi connectivity index (χ0n) is 18.7. The Balaban J connectivity index is 2.11. The van der Waals surface area contributed by atoms with Crippen LogP contribution in [0.4, 0.5) is 0 Å². The lowest BCUT2D eigenvalue weighted by atomic mass is 9.78. The lowest BCUT2D eigenvalue weighted by molar-refractivity contribution is 0.347. The largest absolute Gasteiger partial charge is 0.499 e. The summed E-state index contributed by atoms with van der Waals surface area (Å²) in [6.45, 7) is 19.3. The zero-order valence-corrected chi connectivity index (χ0v) is 19.6. The molecule has 1 heterocycles. The maximum Gasteiger partial charge on any atom is 0.499 e. The fourth-order valence-corrected chi connectivity index (χ4v) is 5.72. The zero-order chi connectivity index (χ0) is 21.1. The van der Waals surface area contributed by atoms with Crippen LogP contribution >= 0.6 is 7.94 Å². The molecule has 0 spiro atoms. The van der Waals surface area contributed by atoms with Gasteiger partial charge in [-0.15, -0.1) is 0 Å². The van der Waals surface area contributed by atoms with Crippen molar-refractivity contribution in [1.82, 2.24) is 0 Å². The lowest BCUT2D eigenvalue weighted by Gasteiger charge is -2.29. The summed E-state index contributed by atoms with van der Waals surface area (Å²) in [6.07, 6.45) is 0.423. The van der Waals surface area contributed by atoms with Crippen molar-refractivity contribution in [2.24, 2.45) is 0 Å². The minimum atomic E-state index is -3.08. The molecule has 2 aromatic rings. The number of rotatable bonds is 2. The van der Waals surface area contributed by atoms with Crippen LogP contribution in [0.3, 0.4) is 0 Å². The summed E-state index contributed by atoms with van der Waals surface area (Å²) in [5, 5.41) is 0. The fourth-order valence-electron chi connectivity index (χ4n) is 3.86. The molecule has 1 unspecified atom stereocenters. The fraction of sp³-hybridized carbons (Fsp3) is 0.500. The lowest BCUT2D eigenvalue weighted by Crippen LogP contribution is -2.21. The van der Waals surface area contributed by atoms with Crippen molar-refractivity contribution in [2.45, 2.75) is 79.3 Å². The first kappa shape index (κ1) is 21.1. The second-order valence-corrected chi connectivity index (χ2v) is 12.2. The van der Waals surface area contributed by atoms with E-state index in [0.717, 1.165) is 33.8 Å². The van der Waals surface area contributed by atoms with E-state index in [-0.39, 0.29) is 10.8 Å². The Morgan fingerprint density at radius 1 is 0.857 bits per heavy atom. The quantitative estimate of drug-likeness (QED) is 0.554. The standard InChI is InChI=1S/C24H34O3P/c1-15-10-17(3)21-18(11-15)14-28(25,26-21)27-22-19(23(4,5)6)12-16(2)13-20(22)24(7,8)9/h10-13,25H,14H2,1-9H3/q+1. The topological polar surface area (TPSA) is 38.7 Å². The van der Waals surface area contributed by atoms with Crippen LogP contribution in [0.5, 0.6) is 11.5 Å². The van der Waals surface area contributed by atoms with Gasteiger partial charge in [0.25, 0.3) is 0 Å². The monoisotopic (exact) mass is 401 g/mol. The first-order valence-electron chi connectivity index (χ1n) is 9.95. The van der Waals surface area contributed by atoms with Gasteiger partial charge in [0.05, 0.1) is 0 Å². The summed E-state index contributed by atoms with van der Waals surface area (Å²) in [4.78, 5) is 11.4. The van der Waals surface area contributed by atoms with Gasteiger partial charge in [0.1, 0.15) is 0 Å². The molecule has 0 amide bonds. The van der Waals surface area contributed by atoms with Crippen molar-refractivity contribution >= 4 is 7.94 Å². The third kappa shape index (κ3) is 4.07. The number of benzene rings is 2. The molecule has 0 saturated heterocycles. The second-order valence-electron chi connectivity index (χ2n) is 10.2. The third-order valence-electron chi connectivity index (χ3n) is 5.18. The van der Waals surface area contributed by atoms with E-state index in [1.807, 2.05) is 6.92 Å². The smallest absolute Gasteiger partial charge is 0.277 e. The van der Waals surface area contributed by atoms with E-state index in [1.165, 1.54) is 11.1 Å². The van der Waals surface area contributed by atoms with Crippen LogP contribution in [0.1, 0.15) is 74.9 Å². The average molecular weight is 402 g/mol. The van der Waals surface area contributed by atoms with Gasteiger partial charge in [0.15, 0.2) is 17.7 Å². The predicted molar refractivity (Wildman–Crippen MR) is 119 cm³/mol. The predicted octanol–water partition coefficient (Wildman–Crippen LogP) is 6.93. The molecule has 1 N–H and O–H groups in total. The van der Waals surface area contributed by atoms with Crippen LogP contribution in [0.25, 0.3) is 0 Å². The third-order valence-corrected chi connectivity index (χ3v) is 6.86. The normalized spacial score (nSPS) is 19.4. The van der Waals surface area contributed by atoms with Crippen LogP contribution < -0.4 is 9.05 Å². The minimum absolute atomic E-state index is 0.112. The van der Waals surface area contributed by atoms with Gasteiger partial charge in [-0.1, -0.05) is 70.9 Å². The number of fused-ring (bicyclic) bond motifs is 1. The minimum Gasteiger partial charge on any atom is -0.277 e. The molecule has 0 aliphatic carbocycles. The van der Waals surface area contributed by atoms with Crippen molar-refractivity contribution in [1.29, 1.82) is 0 Å². The van der Waals surface area contributed by atoms with Crippen LogP contribution in [-0.4, -0.2) is 4.89 Å². The van der Waals surface area contributed by atoms with Gasteiger partial charge < -0.3 is 0 Å². The molecule has 0 fully saturated rings. The Labute approximate surface area is 170 Å². The molecule has 1 aliphatic heterocycles. The van der Waals surface area contributed by atoms with Gasteiger partial charge in [0.2, 0.25) is 0 Å². The molecule has 152 valence electrons. The van der Waals surface area contributed by atoms with Crippen LogP contribution in [0.2, 0.25) is 0 Å². The molecule has 4 heteroatoms. The maximum absolute atomic E-state index is 11.4. The van der Waals surface area contributed by atoms with E-state index < -0.39 is 7.94 Å². The molecule has 0 radical (unpaired) electrons. The Bertz CT molecular complexity index is 884. The number of hydrogen-bond acceptors (Lipinski definition) is 3. The first-order chi connectivity index (χ1) is 12.7. The molecule has 0 saturated carbocycles. The summed E-state index contributed by atoms with van der Waals surface area (Å²) in [7, 11) is -3.08. The van der Waals surface area contributed by atoms with Crippen molar-refractivity contribution in [3.8, 4) is 11.5 Å². The summed E-state index contributed by atoms with van der Waals surface area (Å²) < 4.78 is 12.5. The van der Waals surface area contributed by atoms with Crippen LogP contribution in [0.15, 0.2) is 24.3 Å². The first-order valence-corrected chi connectivity index (χ1v) is 11.7. The Morgan fingerprint density at radius 2 is 1.36 bits per heavy atom. The maximum atomic E-state index is 11.4. The Kier molecular flexibility index (Phi) is 5.10. The van der Waals surface area contributed by atoms with Crippen molar-refractivity contribution in [3.05, 3.63) is 57.6 Å². The second kappa shape index (κ2) is 6.75. The van der Waals surface area contributed by atoms with Crippen molar-refractivity contribution in [3.63, 3.8) is 0 Å². The molecule has 28 heavy (non-hydrogen) atoms. The molecular formula is C24H34O3P+. The van der Waals surface area contributed by atoms with E-state index in [1.54, 1.807) is 0 Å². The van der Waals surface area contributed by atoms with E-state index in [4.69, 9.17) is 9.05 Å². The van der Waals surface area contributed by atoms with Gasteiger partial charge in [-0.05, 0) is 43.2 Å². The SMILES string of the molecule is Cc1cc(C)c2c(c1)C[P+](O)(Oc1c(C(C)(C)C)cc(C)cc1C(C)(C)C)O2. The summed E-state index contributed by atoms with van der Waals surface area (Å²) in [6, 6.07) is 8.53. The number of hydrogen-bond donors (Lipinski definition) is 1. The van der Waals surface area contributed by atoms with Gasteiger partial charge in [0, 0.05) is 16.7 Å².